The van der Waals surface area contributed by atoms with Crippen molar-refractivity contribution in [3.63, 3.8) is 0 Å². The number of para-hydroxylation sites is 1. The first-order valence-corrected chi connectivity index (χ1v) is 23.7. The number of benzene rings is 7. The van der Waals surface area contributed by atoms with Crippen LogP contribution in [-0.2, 0) is 5.41 Å². The van der Waals surface area contributed by atoms with Crippen LogP contribution in [-0.4, -0.2) is 12.6 Å². The minimum atomic E-state index is -1.77. The zero-order valence-corrected chi connectivity index (χ0v) is 33.9. The summed E-state index contributed by atoms with van der Waals surface area (Å²) in [6.45, 7) is 9.73. The van der Waals surface area contributed by atoms with Gasteiger partial charge in [0, 0.05) is 38.9 Å². The molecule has 3 aliphatic rings. The molecule has 11 rings (SSSR count). The highest BCUT2D eigenvalue weighted by molar-refractivity contribution is 7.03. The van der Waals surface area contributed by atoms with Crippen LogP contribution in [0.5, 0.6) is 0 Å². The first-order valence-electron chi connectivity index (χ1n) is 20.7. The van der Waals surface area contributed by atoms with Crippen molar-refractivity contribution in [2.75, 3.05) is 4.90 Å². The molecule has 1 aliphatic heterocycles. The molecular formula is C53H48N2Si. The normalized spacial score (nSPS) is 16.4. The summed E-state index contributed by atoms with van der Waals surface area (Å²) in [6.07, 6.45) is 6.67. The molecule has 3 heteroatoms. The van der Waals surface area contributed by atoms with Crippen LogP contribution in [0.2, 0.25) is 13.1 Å². The number of hydrogen-bond acceptors (Lipinski definition) is 1. The van der Waals surface area contributed by atoms with Gasteiger partial charge < -0.3 is 9.47 Å². The lowest BCUT2D eigenvalue weighted by molar-refractivity contribution is 0.443. The predicted molar refractivity (Wildman–Crippen MR) is 241 cm³/mol. The fourth-order valence-electron chi connectivity index (χ4n) is 10.8. The van der Waals surface area contributed by atoms with Crippen LogP contribution in [0.25, 0.3) is 49.7 Å². The first kappa shape index (κ1) is 33.7. The molecule has 0 bridgehead atoms. The quantitative estimate of drug-likeness (QED) is 0.160. The Labute approximate surface area is 332 Å². The Hall–Kier alpha value is -5.64. The largest absolute Gasteiger partial charge is 0.310 e. The molecule has 0 N–H and O–H groups in total. The van der Waals surface area contributed by atoms with Gasteiger partial charge in [-0.05, 0) is 123 Å². The molecule has 0 saturated heterocycles. The fraction of sp³-hybridized carbons (Fsp3) is 0.208. The molecule has 0 spiro atoms. The SMILES string of the molecule is CC1(C)c2ccccc2-c2cc(N(c3ccc(C4CCCCC4)cc3)c3ccc4c5ccccc5n(-c5ccc6c(c5)-c5ccccc5[Si]6(C)C)c4c3)ccc21. The van der Waals surface area contributed by atoms with Crippen LogP contribution in [0, 0.1) is 0 Å². The standard InChI is InChI=1S/C53H48N2Si/c1-53(2)47-19-11-8-16-41(47)45-32-38(27-30-48(45)53)54(37-24-22-36(23-25-37)35-14-6-5-7-15-35)40-26-29-43-42-17-9-12-20-49(42)55(50(43)34-40)39-28-31-52-46(33-39)44-18-10-13-21-51(44)56(52,3)4/h8-13,16-35H,5-7,14-15H2,1-4H3. The van der Waals surface area contributed by atoms with Crippen molar-refractivity contribution in [1.29, 1.82) is 0 Å². The summed E-state index contributed by atoms with van der Waals surface area (Å²) in [5.74, 6) is 0.671. The van der Waals surface area contributed by atoms with E-state index in [9.17, 15) is 0 Å². The second-order valence-corrected chi connectivity index (χ2v) is 21.9. The van der Waals surface area contributed by atoms with E-state index < -0.39 is 8.07 Å². The van der Waals surface area contributed by atoms with Gasteiger partial charge in [0.25, 0.3) is 0 Å². The Kier molecular flexibility index (Phi) is 7.48. The Morgan fingerprint density at radius 3 is 2.00 bits per heavy atom. The van der Waals surface area contributed by atoms with E-state index in [1.807, 2.05) is 0 Å². The Morgan fingerprint density at radius 1 is 0.518 bits per heavy atom. The minimum absolute atomic E-state index is 0.0368. The molecule has 0 unspecified atom stereocenters. The molecule has 2 aliphatic carbocycles. The third-order valence-corrected chi connectivity index (χ3v) is 17.4. The van der Waals surface area contributed by atoms with Gasteiger partial charge in [-0.25, -0.2) is 0 Å². The Morgan fingerprint density at radius 2 is 1.16 bits per heavy atom. The summed E-state index contributed by atoms with van der Waals surface area (Å²) in [6, 6.07) is 58.2. The molecule has 8 aromatic rings. The van der Waals surface area contributed by atoms with Crippen molar-refractivity contribution in [2.24, 2.45) is 0 Å². The molecule has 2 nitrogen and oxygen atoms in total. The van der Waals surface area contributed by atoms with Crippen molar-refractivity contribution in [1.82, 2.24) is 4.57 Å². The van der Waals surface area contributed by atoms with E-state index in [0.717, 1.165) is 5.69 Å². The maximum Gasteiger partial charge on any atom is 0.113 e. The van der Waals surface area contributed by atoms with Crippen LogP contribution in [0.4, 0.5) is 17.1 Å². The summed E-state index contributed by atoms with van der Waals surface area (Å²) < 4.78 is 2.51. The van der Waals surface area contributed by atoms with Crippen LogP contribution >= 0.6 is 0 Å². The highest BCUT2D eigenvalue weighted by Gasteiger charge is 2.38. The van der Waals surface area contributed by atoms with Crippen molar-refractivity contribution in [3.8, 4) is 27.9 Å². The number of nitrogens with zero attached hydrogens (tertiary/aromatic N) is 2. The zero-order chi connectivity index (χ0) is 37.8. The molecule has 1 aromatic heterocycles. The van der Waals surface area contributed by atoms with E-state index in [1.54, 1.807) is 5.19 Å². The van der Waals surface area contributed by atoms with Gasteiger partial charge in [-0.2, -0.15) is 0 Å². The van der Waals surface area contributed by atoms with Gasteiger partial charge in [-0.3, -0.25) is 0 Å². The van der Waals surface area contributed by atoms with Gasteiger partial charge in [-0.15, -0.1) is 0 Å². The van der Waals surface area contributed by atoms with Crippen molar-refractivity contribution >= 4 is 57.3 Å². The summed E-state index contributed by atoms with van der Waals surface area (Å²) in [5, 5.41) is 5.64. The van der Waals surface area contributed by atoms with Gasteiger partial charge in [0.15, 0.2) is 0 Å². The second kappa shape index (κ2) is 12.4. The lowest BCUT2D eigenvalue weighted by atomic mass is 9.82. The van der Waals surface area contributed by atoms with E-state index in [0.29, 0.717) is 5.92 Å². The smallest absolute Gasteiger partial charge is 0.113 e. The molecule has 1 saturated carbocycles. The third-order valence-electron chi connectivity index (χ3n) is 13.8. The molecule has 274 valence electrons. The van der Waals surface area contributed by atoms with E-state index in [2.05, 4.69) is 188 Å². The van der Waals surface area contributed by atoms with E-state index in [1.165, 1.54) is 115 Å². The number of anilines is 3. The van der Waals surface area contributed by atoms with Crippen molar-refractivity contribution in [2.45, 2.75) is 70.4 Å². The van der Waals surface area contributed by atoms with Gasteiger partial charge in [0.2, 0.25) is 0 Å². The lowest BCUT2D eigenvalue weighted by Crippen LogP contribution is -2.49. The average molecular weight is 741 g/mol. The molecule has 0 radical (unpaired) electrons. The van der Waals surface area contributed by atoms with Crippen LogP contribution < -0.4 is 15.3 Å². The summed E-state index contributed by atoms with van der Waals surface area (Å²) in [5.41, 5.74) is 17.0. The van der Waals surface area contributed by atoms with E-state index >= 15 is 0 Å². The maximum absolute atomic E-state index is 2.51. The van der Waals surface area contributed by atoms with Crippen LogP contribution in [0.1, 0.15) is 68.6 Å². The van der Waals surface area contributed by atoms with Gasteiger partial charge in [0.05, 0.1) is 11.0 Å². The predicted octanol–water partition coefficient (Wildman–Crippen LogP) is 13.4. The summed E-state index contributed by atoms with van der Waals surface area (Å²) in [4.78, 5) is 2.49. The van der Waals surface area contributed by atoms with E-state index in [-0.39, 0.29) is 5.41 Å². The topological polar surface area (TPSA) is 8.17 Å². The molecule has 7 aromatic carbocycles. The zero-order valence-electron chi connectivity index (χ0n) is 32.9. The van der Waals surface area contributed by atoms with Gasteiger partial charge in [-0.1, -0.05) is 143 Å². The molecule has 0 atom stereocenters. The number of aromatic nitrogens is 1. The monoisotopic (exact) mass is 740 g/mol. The van der Waals surface area contributed by atoms with Crippen LogP contribution in [0.15, 0.2) is 152 Å². The number of rotatable bonds is 5. The highest BCUT2D eigenvalue weighted by atomic mass is 28.3. The second-order valence-electron chi connectivity index (χ2n) is 17.6. The molecular weight excluding hydrogens is 693 g/mol. The van der Waals surface area contributed by atoms with E-state index in [4.69, 9.17) is 0 Å². The number of hydrogen-bond donors (Lipinski definition) is 0. The highest BCUT2D eigenvalue weighted by Crippen LogP contribution is 2.51. The molecule has 2 heterocycles. The number of fused-ring (bicyclic) bond motifs is 9. The van der Waals surface area contributed by atoms with Crippen molar-refractivity contribution < 1.29 is 0 Å². The Balaban J connectivity index is 1.11. The summed E-state index contributed by atoms with van der Waals surface area (Å²) in [7, 11) is -1.77. The lowest BCUT2D eigenvalue weighted by Gasteiger charge is -2.28. The summed E-state index contributed by atoms with van der Waals surface area (Å²) >= 11 is 0. The van der Waals surface area contributed by atoms with Crippen LogP contribution in [0.3, 0.4) is 0 Å². The molecule has 1 fully saturated rings. The Bertz CT molecular complexity index is 2850. The first-order chi connectivity index (χ1) is 27.3. The molecule has 56 heavy (non-hydrogen) atoms. The average Bonchev–Trinajstić information content (AvgIpc) is 3.78. The third kappa shape index (κ3) is 4.93. The minimum Gasteiger partial charge on any atom is -0.310 e. The molecule has 0 amide bonds. The van der Waals surface area contributed by atoms with Crippen molar-refractivity contribution in [3.05, 3.63) is 168 Å². The van der Waals surface area contributed by atoms with Gasteiger partial charge >= 0.3 is 0 Å². The van der Waals surface area contributed by atoms with Gasteiger partial charge in [0.1, 0.15) is 8.07 Å². The maximum atomic E-state index is 2.51. The fourth-order valence-corrected chi connectivity index (χ4v) is 13.9.